The molecule has 112 valence electrons. The summed E-state index contributed by atoms with van der Waals surface area (Å²) in [7, 11) is 0. The first-order valence-electron chi connectivity index (χ1n) is 7.70. The number of fused-ring (bicyclic) bond motifs is 1. The fourth-order valence-electron chi connectivity index (χ4n) is 3.25. The van der Waals surface area contributed by atoms with E-state index in [-0.39, 0.29) is 5.54 Å². The molecule has 0 N–H and O–H groups in total. The van der Waals surface area contributed by atoms with Gasteiger partial charge in [0.15, 0.2) is 0 Å². The van der Waals surface area contributed by atoms with Gasteiger partial charge in [-0.25, -0.2) is 0 Å². The summed E-state index contributed by atoms with van der Waals surface area (Å²) in [6.45, 7) is 9.36. The van der Waals surface area contributed by atoms with Gasteiger partial charge in [-0.15, -0.1) is 11.8 Å². The van der Waals surface area contributed by atoms with Gasteiger partial charge in [-0.1, -0.05) is 18.2 Å². The third kappa shape index (κ3) is 3.11. The van der Waals surface area contributed by atoms with Gasteiger partial charge in [0, 0.05) is 49.3 Å². The SMILES string of the molecule is CC(C)(C#N)N1CCN(CC2CSc3ccccc32)CC1. The van der Waals surface area contributed by atoms with Crippen LogP contribution in [-0.4, -0.2) is 53.8 Å². The fourth-order valence-corrected chi connectivity index (χ4v) is 4.49. The van der Waals surface area contributed by atoms with Gasteiger partial charge < -0.3 is 4.90 Å². The van der Waals surface area contributed by atoms with Crippen molar-refractivity contribution in [2.45, 2.75) is 30.2 Å². The van der Waals surface area contributed by atoms with Crippen molar-refractivity contribution >= 4 is 11.8 Å². The van der Waals surface area contributed by atoms with Crippen LogP contribution in [0.3, 0.4) is 0 Å². The van der Waals surface area contributed by atoms with Crippen molar-refractivity contribution in [2.75, 3.05) is 38.5 Å². The first-order valence-corrected chi connectivity index (χ1v) is 8.69. The molecule has 3 rings (SSSR count). The number of nitriles is 1. The summed E-state index contributed by atoms with van der Waals surface area (Å²) >= 11 is 1.99. The number of hydrogen-bond donors (Lipinski definition) is 0. The summed E-state index contributed by atoms with van der Waals surface area (Å²) in [5.41, 5.74) is 1.20. The monoisotopic (exact) mass is 301 g/mol. The molecule has 0 spiro atoms. The van der Waals surface area contributed by atoms with Crippen molar-refractivity contribution in [3.8, 4) is 6.07 Å². The molecule has 0 aromatic heterocycles. The van der Waals surface area contributed by atoms with E-state index in [1.165, 1.54) is 16.2 Å². The number of nitrogens with zero attached hydrogens (tertiary/aromatic N) is 3. The maximum Gasteiger partial charge on any atom is 0.103 e. The molecule has 2 aliphatic rings. The summed E-state index contributed by atoms with van der Waals surface area (Å²) in [6.07, 6.45) is 0. The Balaban J connectivity index is 1.57. The zero-order valence-corrected chi connectivity index (χ0v) is 13.7. The molecule has 21 heavy (non-hydrogen) atoms. The van der Waals surface area contributed by atoms with E-state index in [1.807, 2.05) is 25.6 Å². The maximum absolute atomic E-state index is 9.24. The third-order valence-electron chi connectivity index (χ3n) is 4.71. The molecule has 1 aromatic rings. The number of benzene rings is 1. The van der Waals surface area contributed by atoms with Crippen LogP contribution in [0.4, 0.5) is 0 Å². The fraction of sp³-hybridized carbons (Fsp3) is 0.588. The Morgan fingerprint density at radius 1 is 1.24 bits per heavy atom. The minimum Gasteiger partial charge on any atom is -0.300 e. The topological polar surface area (TPSA) is 30.3 Å². The van der Waals surface area contributed by atoms with Crippen LogP contribution in [0.2, 0.25) is 0 Å². The van der Waals surface area contributed by atoms with Crippen LogP contribution in [0.25, 0.3) is 0 Å². The number of thioether (sulfide) groups is 1. The van der Waals surface area contributed by atoms with E-state index in [0.29, 0.717) is 5.92 Å². The second-order valence-electron chi connectivity index (χ2n) is 6.50. The first-order chi connectivity index (χ1) is 10.1. The Kier molecular flexibility index (Phi) is 4.26. The maximum atomic E-state index is 9.24. The van der Waals surface area contributed by atoms with E-state index in [4.69, 9.17) is 0 Å². The average Bonchev–Trinajstić information content (AvgIpc) is 2.91. The van der Waals surface area contributed by atoms with E-state index in [9.17, 15) is 5.26 Å². The molecule has 0 bridgehead atoms. The van der Waals surface area contributed by atoms with E-state index in [0.717, 1.165) is 32.7 Å². The lowest BCUT2D eigenvalue weighted by atomic mass is 10.00. The molecule has 0 amide bonds. The highest BCUT2D eigenvalue weighted by atomic mass is 32.2. The zero-order valence-electron chi connectivity index (χ0n) is 12.9. The molecule has 1 unspecified atom stereocenters. The summed E-state index contributed by atoms with van der Waals surface area (Å²) < 4.78 is 0. The van der Waals surface area contributed by atoms with Crippen molar-refractivity contribution in [3.05, 3.63) is 29.8 Å². The highest BCUT2D eigenvalue weighted by Gasteiger charge is 2.31. The van der Waals surface area contributed by atoms with Crippen LogP contribution in [-0.2, 0) is 0 Å². The van der Waals surface area contributed by atoms with Gasteiger partial charge in [0.05, 0.1) is 6.07 Å². The largest absolute Gasteiger partial charge is 0.300 e. The molecule has 4 heteroatoms. The molecular formula is C17H23N3S. The normalized spacial score (nSPS) is 23.8. The average molecular weight is 301 g/mol. The van der Waals surface area contributed by atoms with Crippen molar-refractivity contribution in [2.24, 2.45) is 0 Å². The Hall–Kier alpha value is -1.02. The van der Waals surface area contributed by atoms with Gasteiger partial charge in [0.2, 0.25) is 0 Å². The zero-order chi connectivity index (χ0) is 14.9. The Labute approximate surface area is 131 Å². The lowest BCUT2D eigenvalue weighted by Gasteiger charge is -2.41. The van der Waals surface area contributed by atoms with Gasteiger partial charge in [-0.05, 0) is 25.5 Å². The minimum atomic E-state index is -0.331. The predicted octanol–water partition coefficient (Wildman–Crippen LogP) is 2.80. The summed E-state index contributed by atoms with van der Waals surface area (Å²) in [4.78, 5) is 6.34. The molecule has 1 fully saturated rings. The van der Waals surface area contributed by atoms with Gasteiger partial charge in [0.1, 0.15) is 5.54 Å². The number of rotatable bonds is 3. The standard InChI is InChI=1S/C17H23N3S/c1-17(2,13-18)20-9-7-19(8-10-20)11-14-12-21-16-6-4-3-5-15(14)16/h3-6,14H,7-12H2,1-2H3. The quantitative estimate of drug-likeness (QED) is 0.859. The molecule has 1 saturated heterocycles. The van der Waals surface area contributed by atoms with Crippen molar-refractivity contribution in [3.63, 3.8) is 0 Å². The number of hydrogen-bond acceptors (Lipinski definition) is 4. The highest BCUT2D eigenvalue weighted by Crippen LogP contribution is 2.39. The first kappa shape index (κ1) is 14.9. The van der Waals surface area contributed by atoms with Gasteiger partial charge in [0.25, 0.3) is 0 Å². The molecule has 0 radical (unpaired) electrons. The van der Waals surface area contributed by atoms with Crippen LogP contribution >= 0.6 is 11.8 Å². The Morgan fingerprint density at radius 2 is 1.95 bits per heavy atom. The van der Waals surface area contributed by atoms with E-state index in [2.05, 4.69) is 40.1 Å². The molecule has 1 atom stereocenters. The summed E-state index contributed by atoms with van der Waals surface area (Å²) in [6, 6.07) is 11.2. The lowest BCUT2D eigenvalue weighted by Crippen LogP contribution is -2.54. The van der Waals surface area contributed by atoms with Crippen LogP contribution < -0.4 is 0 Å². The van der Waals surface area contributed by atoms with Crippen molar-refractivity contribution in [1.82, 2.24) is 9.80 Å². The molecule has 0 aliphatic carbocycles. The van der Waals surface area contributed by atoms with Gasteiger partial charge in [-0.3, -0.25) is 4.90 Å². The lowest BCUT2D eigenvalue weighted by molar-refractivity contribution is 0.0779. The summed E-state index contributed by atoms with van der Waals surface area (Å²) in [5.74, 6) is 1.88. The van der Waals surface area contributed by atoms with E-state index >= 15 is 0 Å². The molecule has 3 nitrogen and oxygen atoms in total. The van der Waals surface area contributed by atoms with Crippen LogP contribution in [0.5, 0.6) is 0 Å². The molecular weight excluding hydrogens is 278 g/mol. The smallest absolute Gasteiger partial charge is 0.103 e. The number of piperazine rings is 1. The third-order valence-corrected chi connectivity index (χ3v) is 5.97. The van der Waals surface area contributed by atoms with E-state index < -0.39 is 0 Å². The summed E-state index contributed by atoms with van der Waals surface area (Å²) in [5, 5.41) is 9.24. The molecule has 2 aliphatic heterocycles. The molecule has 2 heterocycles. The molecule has 1 aromatic carbocycles. The van der Waals surface area contributed by atoms with Crippen molar-refractivity contribution in [1.29, 1.82) is 5.26 Å². The Bertz CT molecular complexity index is 541. The second-order valence-corrected chi connectivity index (χ2v) is 7.57. The predicted molar refractivity (Wildman–Crippen MR) is 87.6 cm³/mol. The van der Waals surface area contributed by atoms with E-state index in [1.54, 1.807) is 0 Å². The van der Waals surface area contributed by atoms with Crippen molar-refractivity contribution < 1.29 is 0 Å². The Morgan fingerprint density at radius 3 is 2.67 bits per heavy atom. The van der Waals surface area contributed by atoms with Gasteiger partial charge >= 0.3 is 0 Å². The van der Waals surface area contributed by atoms with Crippen LogP contribution in [0, 0.1) is 11.3 Å². The van der Waals surface area contributed by atoms with Gasteiger partial charge in [-0.2, -0.15) is 5.26 Å². The molecule has 0 saturated carbocycles. The second kappa shape index (κ2) is 6.00. The van der Waals surface area contributed by atoms with Crippen LogP contribution in [0.1, 0.15) is 25.3 Å². The minimum absolute atomic E-state index is 0.331. The van der Waals surface area contributed by atoms with Crippen LogP contribution in [0.15, 0.2) is 29.2 Å². The highest BCUT2D eigenvalue weighted by molar-refractivity contribution is 7.99.